The Labute approximate surface area is 162 Å². The number of phenolic OH excluding ortho intramolecular Hbond substituents is 1. The van der Waals surface area contributed by atoms with Crippen molar-refractivity contribution in [3.8, 4) is 5.75 Å². The molecule has 3 N–H and O–H groups in total. The van der Waals surface area contributed by atoms with Crippen LogP contribution in [-0.2, 0) is 14.4 Å². The molecule has 2 heterocycles. The van der Waals surface area contributed by atoms with E-state index in [1.165, 1.54) is 6.07 Å². The maximum Gasteiger partial charge on any atom is 0.321 e. The molecule has 0 spiro atoms. The summed E-state index contributed by atoms with van der Waals surface area (Å²) in [6, 6.07) is 11.1. The number of para-hydroxylation sites is 1. The number of carbonyl (C=O) groups is 3. The zero-order valence-electron chi connectivity index (χ0n) is 13.9. The van der Waals surface area contributed by atoms with Crippen LogP contribution in [-0.4, -0.2) is 34.0 Å². The van der Waals surface area contributed by atoms with Gasteiger partial charge in [-0.3, -0.25) is 19.7 Å². The van der Waals surface area contributed by atoms with Crippen LogP contribution in [0.4, 0.5) is 5.69 Å². The first-order chi connectivity index (χ1) is 12.9. The van der Waals surface area contributed by atoms with E-state index >= 15 is 0 Å². The van der Waals surface area contributed by atoms with Gasteiger partial charge in [-0.2, -0.15) is 0 Å². The number of hydrogen-bond donors (Lipinski definition) is 3. The number of nitrogens with one attached hydrogen (secondary N) is 1. The number of halogens is 1. The predicted octanol–water partition coefficient (Wildman–Crippen LogP) is 2.06. The molecule has 0 aliphatic carbocycles. The number of benzene rings is 2. The number of carboxylic acids is 1. The van der Waals surface area contributed by atoms with E-state index in [4.69, 9.17) is 0 Å². The lowest BCUT2D eigenvalue weighted by Crippen LogP contribution is -2.43. The second kappa shape index (κ2) is 6.47. The summed E-state index contributed by atoms with van der Waals surface area (Å²) in [7, 11) is 0. The Hall–Kier alpha value is -2.71. The summed E-state index contributed by atoms with van der Waals surface area (Å²) in [4.78, 5) is 38.9. The molecule has 4 atom stereocenters. The number of rotatable bonds is 3. The molecule has 0 saturated carbocycles. The molecule has 2 saturated heterocycles. The average molecular weight is 431 g/mol. The number of aromatic hydroxyl groups is 1. The molecular formula is C19H15BrN2O5. The highest BCUT2D eigenvalue weighted by molar-refractivity contribution is 9.10. The summed E-state index contributed by atoms with van der Waals surface area (Å²) >= 11 is 3.31. The van der Waals surface area contributed by atoms with Crippen molar-refractivity contribution >= 4 is 39.4 Å². The van der Waals surface area contributed by atoms with Crippen LogP contribution < -0.4 is 10.2 Å². The Bertz CT molecular complexity index is 945. The number of amides is 2. The molecule has 2 aliphatic rings. The van der Waals surface area contributed by atoms with Crippen molar-refractivity contribution in [3.63, 3.8) is 0 Å². The van der Waals surface area contributed by atoms with Crippen molar-refractivity contribution < 1.29 is 24.6 Å². The van der Waals surface area contributed by atoms with E-state index in [-0.39, 0.29) is 5.75 Å². The van der Waals surface area contributed by atoms with Gasteiger partial charge in [0.2, 0.25) is 11.8 Å². The van der Waals surface area contributed by atoms with Crippen LogP contribution in [0.2, 0.25) is 0 Å². The van der Waals surface area contributed by atoms with E-state index in [1.807, 2.05) is 0 Å². The van der Waals surface area contributed by atoms with Crippen LogP contribution in [0.5, 0.6) is 5.75 Å². The van der Waals surface area contributed by atoms with Gasteiger partial charge in [-0.1, -0.05) is 34.1 Å². The Morgan fingerprint density at radius 1 is 1.00 bits per heavy atom. The van der Waals surface area contributed by atoms with Gasteiger partial charge in [-0.25, -0.2) is 4.90 Å². The monoisotopic (exact) mass is 430 g/mol. The molecule has 0 aromatic heterocycles. The largest absolute Gasteiger partial charge is 0.508 e. The number of phenols is 1. The fourth-order valence-corrected chi connectivity index (χ4v) is 4.18. The number of hydrogen-bond acceptors (Lipinski definition) is 5. The highest BCUT2D eigenvalue weighted by atomic mass is 79.9. The maximum absolute atomic E-state index is 13.1. The summed E-state index contributed by atoms with van der Waals surface area (Å²) in [5.74, 6) is -4.23. The summed E-state index contributed by atoms with van der Waals surface area (Å²) < 4.78 is 0.794. The number of carboxylic acid groups (broad SMARTS) is 1. The van der Waals surface area contributed by atoms with Crippen molar-refractivity contribution in [2.45, 2.75) is 12.1 Å². The van der Waals surface area contributed by atoms with Gasteiger partial charge in [0.1, 0.15) is 11.8 Å². The third kappa shape index (κ3) is 2.72. The van der Waals surface area contributed by atoms with E-state index in [0.717, 1.165) is 9.37 Å². The number of carbonyl (C=O) groups excluding carboxylic acids is 2. The highest BCUT2D eigenvalue weighted by Crippen LogP contribution is 2.46. The number of imide groups is 1. The minimum Gasteiger partial charge on any atom is -0.508 e. The van der Waals surface area contributed by atoms with Crippen molar-refractivity contribution in [2.75, 3.05) is 4.90 Å². The summed E-state index contributed by atoms with van der Waals surface area (Å²) in [6.07, 6.45) is 0. The first-order valence-electron chi connectivity index (χ1n) is 8.30. The average Bonchev–Trinajstić information content (AvgIpc) is 3.14. The van der Waals surface area contributed by atoms with Gasteiger partial charge in [-0.05, 0) is 30.3 Å². The number of aliphatic carboxylic acids is 1. The molecular weight excluding hydrogens is 416 g/mol. The lowest BCUT2D eigenvalue weighted by Gasteiger charge is -2.22. The van der Waals surface area contributed by atoms with Gasteiger partial charge >= 0.3 is 5.97 Å². The summed E-state index contributed by atoms with van der Waals surface area (Å²) in [6.45, 7) is 0. The molecule has 8 heteroatoms. The van der Waals surface area contributed by atoms with E-state index in [2.05, 4.69) is 21.2 Å². The quantitative estimate of drug-likeness (QED) is 0.643. The third-order valence-electron chi connectivity index (χ3n) is 5.10. The van der Waals surface area contributed by atoms with Crippen molar-refractivity contribution in [2.24, 2.45) is 11.8 Å². The molecule has 2 fully saturated rings. The first kappa shape index (κ1) is 17.7. The van der Waals surface area contributed by atoms with Crippen LogP contribution in [0.25, 0.3) is 0 Å². The summed E-state index contributed by atoms with van der Waals surface area (Å²) in [5, 5.41) is 22.6. The summed E-state index contributed by atoms with van der Waals surface area (Å²) in [5.41, 5.74) is 0.790. The van der Waals surface area contributed by atoms with Crippen LogP contribution in [0.15, 0.2) is 53.0 Å². The van der Waals surface area contributed by atoms with Crippen molar-refractivity contribution in [3.05, 3.63) is 58.6 Å². The molecule has 4 rings (SSSR count). The fraction of sp³-hybridized carbons (Fsp3) is 0.211. The first-order valence-corrected chi connectivity index (χ1v) is 9.09. The van der Waals surface area contributed by atoms with Crippen LogP contribution in [0.3, 0.4) is 0 Å². The van der Waals surface area contributed by atoms with Gasteiger partial charge in [0.15, 0.2) is 0 Å². The van der Waals surface area contributed by atoms with Gasteiger partial charge < -0.3 is 10.2 Å². The van der Waals surface area contributed by atoms with Gasteiger partial charge in [-0.15, -0.1) is 0 Å². The van der Waals surface area contributed by atoms with Gasteiger partial charge in [0.05, 0.1) is 17.5 Å². The van der Waals surface area contributed by atoms with Crippen LogP contribution in [0, 0.1) is 11.8 Å². The molecule has 2 aliphatic heterocycles. The van der Waals surface area contributed by atoms with Gasteiger partial charge in [0.25, 0.3) is 0 Å². The topological polar surface area (TPSA) is 107 Å². The Morgan fingerprint density at radius 3 is 2.26 bits per heavy atom. The maximum atomic E-state index is 13.1. The predicted molar refractivity (Wildman–Crippen MR) is 99.0 cm³/mol. The Morgan fingerprint density at radius 2 is 1.63 bits per heavy atom. The number of nitrogens with zero attached hydrogens (tertiary/aromatic N) is 1. The molecule has 2 aromatic rings. The Kier molecular flexibility index (Phi) is 4.24. The lowest BCUT2D eigenvalue weighted by atomic mass is 9.86. The van der Waals surface area contributed by atoms with E-state index in [0.29, 0.717) is 11.3 Å². The van der Waals surface area contributed by atoms with Gasteiger partial charge in [0, 0.05) is 16.1 Å². The minimum absolute atomic E-state index is 0.0536. The normalized spacial score (nSPS) is 27.1. The number of fused-ring (bicyclic) bond motifs is 1. The van der Waals surface area contributed by atoms with E-state index < -0.39 is 41.7 Å². The Balaban J connectivity index is 1.79. The molecule has 7 nitrogen and oxygen atoms in total. The fourth-order valence-electron chi connectivity index (χ4n) is 3.92. The molecule has 0 bridgehead atoms. The smallest absolute Gasteiger partial charge is 0.321 e. The second-order valence-corrected chi connectivity index (χ2v) is 7.47. The molecule has 27 heavy (non-hydrogen) atoms. The van der Waals surface area contributed by atoms with Crippen LogP contribution >= 0.6 is 15.9 Å². The molecule has 0 unspecified atom stereocenters. The second-order valence-electron chi connectivity index (χ2n) is 6.56. The highest BCUT2D eigenvalue weighted by Gasteiger charge is 2.61. The zero-order chi connectivity index (χ0) is 19.3. The molecule has 2 aromatic carbocycles. The van der Waals surface area contributed by atoms with Crippen molar-refractivity contribution in [1.29, 1.82) is 0 Å². The lowest BCUT2D eigenvalue weighted by molar-refractivity contribution is -0.142. The third-order valence-corrected chi connectivity index (χ3v) is 5.63. The van der Waals surface area contributed by atoms with E-state index in [1.54, 1.807) is 42.5 Å². The minimum atomic E-state index is -1.21. The van der Waals surface area contributed by atoms with Crippen LogP contribution in [0.1, 0.15) is 11.6 Å². The number of anilines is 1. The molecule has 2 amide bonds. The zero-order valence-corrected chi connectivity index (χ0v) is 15.5. The SMILES string of the molecule is O=C(O)[C@H]1N[C@H](c2ccccc2O)[C@H]2C(=O)N(c3ccc(Br)cc3)C(=O)[C@@H]21. The van der Waals surface area contributed by atoms with Crippen molar-refractivity contribution in [1.82, 2.24) is 5.32 Å². The molecule has 0 radical (unpaired) electrons. The van der Waals surface area contributed by atoms with E-state index in [9.17, 15) is 24.6 Å². The standard InChI is InChI=1S/C19H15BrN2O5/c20-9-5-7-10(8-6-9)22-17(24)13-14(18(22)25)16(19(26)27)21-15(13)11-3-1-2-4-12(11)23/h1-8,13-16,21,23H,(H,26,27)/t13-,14-,15+,16-/m0/s1. The molecule has 138 valence electrons.